The zero-order chi connectivity index (χ0) is 13.1. The van der Waals surface area contributed by atoms with Crippen molar-refractivity contribution in [3.05, 3.63) is 23.8 Å². The maximum absolute atomic E-state index is 11.9. The van der Waals surface area contributed by atoms with Crippen molar-refractivity contribution in [1.29, 1.82) is 0 Å². The average molecular weight is 248 g/mol. The van der Waals surface area contributed by atoms with Gasteiger partial charge in [-0.2, -0.15) is 0 Å². The van der Waals surface area contributed by atoms with Crippen LogP contribution in [0.4, 0.5) is 5.69 Å². The summed E-state index contributed by atoms with van der Waals surface area (Å²) in [5.74, 6) is 1.02. The Morgan fingerprint density at radius 2 is 2.11 bits per heavy atom. The van der Waals surface area contributed by atoms with Crippen LogP contribution in [0.5, 0.6) is 5.75 Å². The van der Waals surface area contributed by atoms with E-state index in [1.807, 2.05) is 30.9 Å². The van der Waals surface area contributed by atoms with Crippen molar-refractivity contribution in [3.8, 4) is 5.75 Å². The summed E-state index contributed by atoms with van der Waals surface area (Å²) in [5, 5.41) is 0. The number of ether oxygens (including phenoxy) is 1. The fourth-order valence-electron chi connectivity index (χ4n) is 2.30. The molecule has 0 atom stereocenters. The summed E-state index contributed by atoms with van der Waals surface area (Å²) in [6.07, 6.45) is 0. The van der Waals surface area contributed by atoms with Gasteiger partial charge in [-0.15, -0.1) is 0 Å². The number of nitrogens with zero attached hydrogens (tertiary/aromatic N) is 2. The largest absolute Gasteiger partial charge is 0.495 e. The molecule has 1 saturated heterocycles. The molecular weight excluding hydrogens is 228 g/mol. The van der Waals surface area contributed by atoms with Gasteiger partial charge in [0.05, 0.1) is 19.3 Å². The predicted molar refractivity (Wildman–Crippen MR) is 72.2 cm³/mol. The Labute approximate surface area is 108 Å². The lowest BCUT2D eigenvalue weighted by molar-refractivity contribution is -0.130. The Balaban J connectivity index is 2.22. The number of carbonyl (C=O) groups is 1. The maximum atomic E-state index is 11.9. The van der Waals surface area contributed by atoms with E-state index in [0.717, 1.165) is 31.1 Å². The van der Waals surface area contributed by atoms with E-state index >= 15 is 0 Å². The number of aryl methyl sites for hydroxylation is 1. The van der Waals surface area contributed by atoms with Crippen molar-refractivity contribution in [1.82, 2.24) is 4.90 Å². The highest BCUT2D eigenvalue weighted by molar-refractivity contribution is 5.83. The first kappa shape index (κ1) is 12.7. The van der Waals surface area contributed by atoms with E-state index in [-0.39, 0.29) is 5.91 Å². The van der Waals surface area contributed by atoms with E-state index in [4.69, 9.17) is 4.74 Å². The monoisotopic (exact) mass is 248 g/mol. The van der Waals surface area contributed by atoms with E-state index in [1.165, 1.54) is 5.56 Å². The van der Waals surface area contributed by atoms with E-state index in [0.29, 0.717) is 6.54 Å². The van der Waals surface area contributed by atoms with Gasteiger partial charge in [-0.1, -0.05) is 6.07 Å². The first-order valence-electron chi connectivity index (χ1n) is 6.33. The molecule has 1 fully saturated rings. The third-order valence-electron chi connectivity index (χ3n) is 3.38. The number of carbonyl (C=O) groups excluding carboxylic acids is 1. The van der Waals surface area contributed by atoms with Crippen LogP contribution >= 0.6 is 0 Å². The lowest BCUT2D eigenvalue weighted by atomic mass is 10.1. The first-order valence-corrected chi connectivity index (χ1v) is 6.33. The highest BCUT2D eigenvalue weighted by atomic mass is 16.5. The summed E-state index contributed by atoms with van der Waals surface area (Å²) in [5.41, 5.74) is 2.19. The number of methoxy groups -OCH3 is 1. The summed E-state index contributed by atoms with van der Waals surface area (Å²) >= 11 is 0. The van der Waals surface area contributed by atoms with Gasteiger partial charge in [0.1, 0.15) is 5.75 Å². The number of anilines is 1. The number of likely N-dealkylation sites (N-methyl/N-ethyl adjacent to an activating group) is 1. The molecule has 1 heterocycles. The standard InChI is InChI=1S/C14H20N2O2/c1-4-15-7-8-16(10-14(15)17)12-9-11(2)5-6-13(12)18-3/h5-6,9H,4,7-8,10H2,1-3H3. The molecule has 98 valence electrons. The van der Waals surface area contributed by atoms with Crippen molar-refractivity contribution in [3.63, 3.8) is 0 Å². The topological polar surface area (TPSA) is 32.8 Å². The molecule has 0 N–H and O–H groups in total. The second-order valence-electron chi connectivity index (χ2n) is 4.57. The quantitative estimate of drug-likeness (QED) is 0.815. The van der Waals surface area contributed by atoms with Crippen LogP contribution in [0.15, 0.2) is 18.2 Å². The maximum Gasteiger partial charge on any atom is 0.242 e. The molecule has 1 aliphatic heterocycles. The Morgan fingerprint density at radius 3 is 2.72 bits per heavy atom. The predicted octanol–water partition coefficient (Wildman–Crippen LogP) is 1.67. The minimum atomic E-state index is 0.187. The van der Waals surface area contributed by atoms with Gasteiger partial charge in [0.2, 0.25) is 5.91 Å². The summed E-state index contributed by atoms with van der Waals surface area (Å²) in [6, 6.07) is 6.06. The second kappa shape index (κ2) is 5.29. The van der Waals surface area contributed by atoms with Crippen LogP contribution in [-0.2, 0) is 4.79 Å². The molecule has 0 radical (unpaired) electrons. The number of hydrogen-bond donors (Lipinski definition) is 0. The van der Waals surface area contributed by atoms with Crippen LogP contribution in [0.1, 0.15) is 12.5 Å². The van der Waals surface area contributed by atoms with Gasteiger partial charge in [0.25, 0.3) is 0 Å². The number of hydrogen-bond acceptors (Lipinski definition) is 3. The minimum absolute atomic E-state index is 0.187. The van der Waals surface area contributed by atoms with Gasteiger partial charge in [0, 0.05) is 19.6 Å². The van der Waals surface area contributed by atoms with E-state index < -0.39 is 0 Å². The first-order chi connectivity index (χ1) is 8.65. The number of benzene rings is 1. The summed E-state index contributed by atoms with van der Waals surface area (Å²) < 4.78 is 5.38. The van der Waals surface area contributed by atoms with Gasteiger partial charge in [-0.25, -0.2) is 0 Å². The lowest BCUT2D eigenvalue weighted by Crippen LogP contribution is -2.50. The lowest BCUT2D eigenvalue weighted by Gasteiger charge is -2.35. The molecular formula is C14H20N2O2. The molecule has 18 heavy (non-hydrogen) atoms. The molecule has 4 nitrogen and oxygen atoms in total. The number of amides is 1. The van der Waals surface area contributed by atoms with Gasteiger partial charge >= 0.3 is 0 Å². The molecule has 0 aliphatic carbocycles. The molecule has 0 bridgehead atoms. The van der Waals surface area contributed by atoms with Gasteiger partial charge in [0.15, 0.2) is 0 Å². The summed E-state index contributed by atoms with van der Waals surface area (Å²) in [7, 11) is 1.66. The Kier molecular flexibility index (Phi) is 3.75. The van der Waals surface area contributed by atoms with Crippen LogP contribution in [-0.4, -0.2) is 44.1 Å². The Morgan fingerprint density at radius 1 is 1.33 bits per heavy atom. The minimum Gasteiger partial charge on any atom is -0.495 e. The van der Waals surface area contributed by atoms with Crippen LogP contribution in [0.2, 0.25) is 0 Å². The zero-order valence-electron chi connectivity index (χ0n) is 11.3. The number of piperazine rings is 1. The molecule has 1 aliphatic rings. The second-order valence-corrected chi connectivity index (χ2v) is 4.57. The molecule has 1 aromatic rings. The van der Waals surface area contributed by atoms with Crippen LogP contribution < -0.4 is 9.64 Å². The van der Waals surface area contributed by atoms with Crippen LogP contribution in [0, 0.1) is 6.92 Å². The SMILES string of the molecule is CCN1CCN(c2cc(C)ccc2OC)CC1=O. The van der Waals surface area contributed by atoms with Crippen molar-refractivity contribution in [2.75, 3.05) is 38.2 Å². The zero-order valence-corrected chi connectivity index (χ0v) is 11.3. The van der Waals surface area contributed by atoms with Gasteiger partial charge in [-0.05, 0) is 31.5 Å². The van der Waals surface area contributed by atoms with Gasteiger partial charge < -0.3 is 14.5 Å². The van der Waals surface area contributed by atoms with Crippen molar-refractivity contribution in [2.45, 2.75) is 13.8 Å². The molecule has 0 aromatic heterocycles. The Bertz CT molecular complexity index is 445. The molecule has 4 heteroatoms. The Hall–Kier alpha value is -1.71. The average Bonchev–Trinajstić information content (AvgIpc) is 2.38. The molecule has 0 unspecified atom stereocenters. The van der Waals surface area contributed by atoms with Crippen molar-refractivity contribution < 1.29 is 9.53 Å². The summed E-state index contributed by atoms with van der Waals surface area (Å²) in [4.78, 5) is 15.9. The van der Waals surface area contributed by atoms with Crippen LogP contribution in [0.3, 0.4) is 0 Å². The van der Waals surface area contributed by atoms with Crippen LogP contribution in [0.25, 0.3) is 0 Å². The molecule has 2 rings (SSSR count). The van der Waals surface area contributed by atoms with Gasteiger partial charge in [-0.3, -0.25) is 4.79 Å². The van der Waals surface area contributed by atoms with E-state index in [9.17, 15) is 4.79 Å². The third-order valence-corrected chi connectivity index (χ3v) is 3.38. The normalized spacial score (nSPS) is 16.1. The molecule has 0 spiro atoms. The van der Waals surface area contributed by atoms with E-state index in [2.05, 4.69) is 11.0 Å². The number of rotatable bonds is 3. The van der Waals surface area contributed by atoms with Crippen molar-refractivity contribution >= 4 is 11.6 Å². The molecule has 1 amide bonds. The highest BCUT2D eigenvalue weighted by Crippen LogP contribution is 2.30. The molecule has 1 aromatic carbocycles. The summed E-state index contributed by atoms with van der Waals surface area (Å²) in [6.45, 7) is 6.94. The third kappa shape index (κ3) is 2.42. The highest BCUT2D eigenvalue weighted by Gasteiger charge is 2.24. The smallest absolute Gasteiger partial charge is 0.242 e. The van der Waals surface area contributed by atoms with Crippen molar-refractivity contribution in [2.24, 2.45) is 0 Å². The van der Waals surface area contributed by atoms with E-state index in [1.54, 1.807) is 7.11 Å². The fourth-order valence-corrected chi connectivity index (χ4v) is 2.30. The fraction of sp³-hybridized carbons (Fsp3) is 0.500. The molecule has 0 saturated carbocycles.